The van der Waals surface area contributed by atoms with Crippen LogP contribution in [0.1, 0.15) is 258 Å². The van der Waals surface area contributed by atoms with Gasteiger partial charge in [-0.25, -0.2) is 0 Å². The van der Waals surface area contributed by atoms with E-state index in [9.17, 15) is 19.8 Å². The van der Waals surface area contributed by atoms with Gasteiger partial charge in [-0.05, 0) is 89.9 Å². The third-order valence-corrected chi connectivity index (χ3v) is 11.8. The van der Waals surface area contributed by atoms with Crippen molar-refractivity contribution >= 4 is 11.9 Å². The van der Waals surface area contributed by atoms with Gasteiger partial charge < -0.3 is 20.3 Å². The summed E-state index contributed by atoms with van der Waals surface area (Å²) in [5.74, 6) is -0.111. The molecule has 0 saturated heterocycles. The minimum Gasteiger partial charge on any atom is -0.466 e. The van der Waals surface area contributed by atoms with Crippen LogP contribution < -0.4 is 5.32 Å². The molecular weight excluding hydrogens is 767 g/mol. The predicted octanol–water partition coefficient (Wildman–Crippen LogP) is 16.0. The van der Waals surface area contributed by atoms with E-state index in [2.05, 4.69) is 67.8 Å². The zero-order valence-electron chi connectivity index (χ0n) is 40.8. The Hall–Kier alpha value is -2.44. The lowest BCUT2D eigenvalue weighted by molar-refractivity contribution is -0.143. The number of nitrogens with one attached hydrogen (secondary N) is 1. The monoisotopic (exact) mass is 868 g/mol. The molecule has 3 N–H and O–H groups in total. The number of allylic oxidation sites excluding steroid dienone is 9. The number of hydrogen-bond acceptors (Lipinski definition) is 5. The zero-order valence-corrected chi connectivity index (χ0v) is 40.8. The van der Waals surface area contributed by atoms with Crippen LogP contribution in [-0.2, 0) is 14.3 Å². The average Bonchev–Trinajstić information content (AvgIpc) is 3.27. The lowest BCUT2D eigenvalue weighted by Crippen LogP contribution is -2.45. The van der Waals surface area contributed by atoms with Crippen molar-refractivity contribution in [1.29, 1.82) is 0 Å². The molecule has 0 aliphatic rings. The topological polar surface area (TPSA) is 95.9 Å². The summed E-state index contributed by atoms with van der Waals surface area (Å²) in [5.41, 5.74) is 0. The molecule has 0 radical (unpaired) electrons. The first-order chi connectivity index (χ1) is 30.5. The molecule has 0 heterocycles. The Balaban J connectivity index is 3.52. The van der Waals surface area contributed by atoms with E-state index in [1.807, 2.05) is 6.08 Å². The van der Waals surface area contributed by atoms with Crippen LogP contribution in [0.25, 0.3) is 0 Å². The molecule has 2 atom stereocenters. The van der Waals surface area contributed by atoms with Gasteiger partial charge in [0.1, 0.15) is 0 Å². The summed E-state index contributed by atoms with van der Waals surface area (Å²) in [6.07, 6.45) is 65.1. The van der Waals surface area contributed by atoms with E-state index in [1.165, 1.54) is 141 Å². The van der Waals surface area contributed by atoms with E-state index in [0.29, 0.717) is 19.4 Å². The lowest BCUT2D eigenvalue weighted by atomic mass is 10.0. The van der Waals surface area contributed by atoms with Crippen molar-refractivity contribution in [2.45, 2.75) is 270 Å². The number of aliphatic hydroxyl groups excluding tert-OH is 2. The van der Waals surface area contributed by atoms with Gasteiger partial charge in [-0.3, -0.25) is 9.59 Å². The number of ether oxygens (including phenoxy) is 1. The second kappa shape index (κ2) is 51.2. The summed E-state index contributed by atoms with van der Waals surface area (Å²) in [5, 5.41) is 23.0. The molecule has 6 heteroatoms. The lowest BCUT2D eigenvalue weighted by Gasteiger charge is -2.20. The Labute approximate surface area is 384 Å². The number of unbranched alkanes of at least 4 members (excludes halogenated alkanes) is 30. The van der Waals surface area contributed by atoms with Crippen molar-refractivity contribution in [3.05, 3.63) is 60.8 Å². The summed E-state index contributed by atoms with van der Waals surface area (Å²) >= 11 is 0. The van der Waals surface area contributed by atoms with E-state index in [0.717, 1.165) is 89.9 Å². The number of aliphatic hydroxyl groups is 2. The largest absolute Gasteiger partial charge is 0.466 e. The first kappa shape index (κ1) is 59.6. The number of carbonyl (C=O) groups excluding carboxylic acids is 2. The minimum atomic E-state index is -0.851. The van der Waals surface area contributed by atoms with E-state index < -0.39 is 12.1 Å². The normalized spacial score (nSPS) is 13.2. The third kappa shape index (κ3) is 47.0. The fourth-order valence-electron chi connectivity index (χ4n) is 7.64. The van der Waals surface area contributed by atoms with Crippen molar-refractivity contribution in [3.8, 4) is 0 Å². The minimum absolute atomic E-state index is 0.0300. The van der Waals surface area contributed by atoms with Crippen molar-refractivity contribution < 1.29 is 24.5 Å². The van der Waals surface area contributed by atoms with Gasteiger partial charge in [0.2, 0.25) is 5.91 Å². The second-order valence-corrected chi connectivity index (χ2v) is 17.9. The molecule has 0 bridgehead atoms. The van der Waals surface area contributed by atoms with Crippen molar-refractivity contribution in [3.63, 3.8) is 0 Å². The molecule has 0 aliphatic carbocycles. The fraction of sp³-hybridized carbons (Fsp3) is 0.786. The summed E-state index contributed by atoms with van der Waals surface area (Å²) in [6.45, 7) is 4.79. The third-order valence-electron chi connectivity index (χ3n) is 11.8. The molecule has 0 fully saturated rings. The first-order valence-electron chi connectivity index (χ1n) is 26.6. The van der Waals surface area contributed by atoms with Crippen LogP contribution in [0.3, 0.4) is 0 Å². The smallest absolute Gasteiger partial charge is 0.305 e. The van der Waals surface area contributed by atoms with Crippen molar-refractivity contribution in [1.82, 2.24) is 5.32 Å². The highest BCUT2D eigenvalue weighted by Crippen LogP contribution is 2.14. The molecule has 62 heavy (non-hydrogen) atoms. The van der Waals surface area contributed by atoms with Crippen LogP contribution in [0.4, 0.5) is 0 Å². The van der Waals surface area contributed by atoms with Crippen LogP contribution >= 0.6 is 0 Å². The summed E-state index contributed by atoms with van der Waals surface area (Å²) in [6, 6.07) is -0.636. The van der Waals surface area contributed by atoms with Gasteiger partial charge in [0, 0.05) is 12.8 Å². The highest BCUT2D eigenvalue weighted by atomic mass is 16.5. The maximum absolute atomic E-state index is 12.4. The van der Waals surface area contributed by atoms with Crippen LogP contribution in [0.2, 0.25) is 0 Å². The number of rotatable bonds is 48. The maximum atomic E-state index is 12.4. The van der Waals surface area contributed by atoms with E-state index in [1.54, 1.807) is 6.08 Å². The van der Waals surface area contributed by atoms with Gasteiger partial charge in [0.25, 0.3) is 0 Å². The Morgan fingerprint density at radius 1 is 0.468 bits per heavy atom. The first-order valence-corrected chi connectivity index (χ1v) is 26.6. The molecule has 0 spiro atoms. The average molecular weight is 868 g/mol. The Morgan fingerprint density at radius 3 is 1.37 bits per heavy atom. The summed E-state index contributed by atoms with van der Waals surface area (Å²) in [7, 11) is 0. The predicted molar refractivity (Wildman–Crippen MR) is 268 cm³/mol. The molecule has 0 aromatic heterocycles. The van der Waals surface area contributed by atoms with Crippen LogP contribution in [0.15, 0.2) is 60.8 Å². The molecule has 6 nitrogen and oxygen atoms in total. The van der Waals surface area contributed by atoms with E-state index in [4.69, 9.17) is 4.74 Å². The molecule has 2 unspecified atom stereocenters. The molecule has 0 aromatic carbocycles. The van der Waals surface area contributed by atoms with E-state index >= 15 is 0 Å². The Kier molecular flexibility index (Phi) is 49.2. The molecule has 1 amide bonds. The number of carbonyl (C=O) groups is 2. The molecule has 0 aromatic rings. The number of hydrogen-bond donors (Lipinski definition) is 3. The van der Waals surface area contributed by atoms with Gasteiger partial charge >= 0.3 is 5.97 Å². The molecular formula is C56H101NO5. The molecule has 0 rings (SSSR count). The van der Waals surface area contributed by atoms with Crippen LogP contribution in [-0.4, -0.2) is 47.4 Å². The summed E-state index contributed by atoms with van der Waals surface area (Å²) in [4.78, 5) is 24.4. The summed E-state index contributed by atoms with van der Waals surface area (Å²) < 4.78 is 5.43. The second-order valence-electron chi connectivity index (χ2n) is 17.9. The number of amides is 1. The van der Waals surface area contributed by atoms with Crippen molar-refractivity contribution in [2.24, 2.45) is 0 Å². The van der Waals surface area contributed by atoms with Gasteiger partial charge in [0.15, 0.2) is 0 Å². The standard InChI is InChI=1S/C56H101NO5/c1-3-5-7-9-11-13-15-17-26-30-34-38-42-46-50-56(61)62-51-47-43-39-35-31-27-24-22-20-18-19-21-23-25-29-33-37-41-45-49-55(60)57-53(52-58)54(59)48-44-40-36-32-28-16-14-12-10-8-6-4-2/h9,11,15,17,22,24,27,31,44,48,53-54,58-59H,3-8,10,12-14,16,18-21,23,25-26,28-30,32-43,45-47,49-52H2,1-2H3,(H,57,60)/b11-9-,17-15-,24-22-,31-27-,48-44+. The quantitative estimate of drug-likeness (QED) is 0.0245. The van der Waals surface area contributed by atoms with Gasteiger partial charge in [0.05, 0.1) is 25.4 Å². The highest BCUT2D eigenvalue weighted by molar-refractivity contribution is 5.76. The van der Waals surface area contributed by atoms with Crippen molar-refractivity contribution in [2.75, 3.05) is 13.2 Å². The highest BCUT2D eigenvalue weighted by Gasteiger charge is 2.18. The molecule has 0 aliphatic heterocycles. The van der Waals surface area contributed by atoms with Gasteiger partial charge in [-0.15, -0.1) is 0 Å². The van der Waals surface area contributed by atoms with Gasteiger partial charge in [-0.1, -0.05) is 216 Å². The van der Waals surface area contributed by atoms with E-state index in [-0.39, 0.29) is 18.5 Å². The fourth-order valence-corrected chi connectivity index (χ4v) is 7.64. The number of esters is 1. The van der Waals surface area contributed by atoms with Crippen LogP contribution in [0, 0.1) is 0 Å². The Bertz CT molecular complexity index is 1090. The van der Waals surface area contributed by atoms with Gasteiger partial charge in [-0.2, -0.15) is 0 Å². The molecule has 0 saturated carbocycles. The molecule has 360 valence electrons. The zero-order chi connectivity index (χ0) is 45.1. The van der Waals surface area contributed by atoms with Crippen LogP contribution in [0.5, 0.6) is 0 Å². The Morgan fingerprint density at radius 2 is 0.871 bits per heavy atom. The maximum Gasteiger partial charge on any atom is 0.305 e. The SMILES string of the molecule is CCCC/C=C\C/C=C\CCCCCCCC(=O)OCCCCC/C=C\C=C/CCCCCCCCCCCCC(=O)NC(CO)C(O)/C=C/CCCCCCCCCCCC.